The Morgan fingerprint density at radius 3 is 3.06 bits per heavy atom. The highest BCUT2D eigenvalue weighted by Gasteiger charge is 2.28. The van der Waals surface area contributed by atoms with Crippen molar-refractivity contribution in [1.82, 2.24) is 14.7 Å². The van der Waals surface area contributed by atoms with Gasteiger partial charge < -0.3 is 10.4 Å². The van der Waals surface area contributed by atoms with Crippen molar-refractivity contribution < 1.29 is 13.5 Å². The molecule has 0 saturated carbocycles. The molecule has 0 aromatic carbocycles. The van der Waals surface area contributed by atoms with Gasteiger partial charge in [0.05, 0.1) is 29.3 Å². The molecule has 1 unspecified atom stereocenters. The smallest absolute Gasteiger partial charge is 0.197 e. The molecule has 1 atom stereocenters. The monoisotopic (exact) mass is 267 g/mol. The van der Waals surface area contributed by atoms with Crippen molar-refractivity contribution >= 4 is 15.4 Å². The minimum absolute atomic E-state index is 0.0143. The van der Waals surface area contributed by atoms with Crippen molar-refractivity contribution in [3.63, 3.8) is 0 Å². The average Bonchev–Trinajstić information content (AvgIpc) is 2.73. The van der Waals surface area contributed by atoms with Crippen molar-refractivity contribution in [3.8, 4) is 5.88 Å². The van der Waals surface area contributed by atoms with Gasteiger partial charge in [-0.05, 0) is 12.1 Å². The molecule has 1 aliphatic heterocycles. The maximum Gasteiger partial charge on any atom is 0.197 e. The van der Waals surface area contributed by atoms with Crippen molar-refractivity contribution in [2.24, 2.45) is 0 Å². The van der Waals surface area contributed by atoms with Gasteiger partial charge >= 0.3 is 0 Å². The maximum atomic E-state index is 11.6. The predicted octanol–water partition coefficient (Wildman–Crippen LogP) is 0.0990. The standard InChI is InChI=1S/C11H13N3O3S/c15-10-3-1-2-8-6-13-11(14(8)10)9-7-18(16,17)5-4-12-9/h1-3,6,9,12,15H,4-5,7H2. The third kappa shape index (κ3) is 1.85. The molecule has 0 amide bonds. The van der Waals surface area contributed by atoms with E-state index in [9.17, 15) is 13.5 Å². The minimum atomic E-state index is -3.04. The van der Waals surface area contributed by atoms with Crippen molar-refractivity contribution in [3.05, 3.63) is 30.2 Å². The first-order chi connectivity index (χ1) is 8.57. The molecule has 2 aromatic heterocycles. The van der Waals surface area contributed by atoms with Crippen LogP contribution in [0.15, 0.2) is 24.4 Å². The lowest BCUT2D eigenvalue weighted by atomic mass is 10.3. The molecule has 3 heterocycles. The summed E-state index contributed by atoms with van der Waals surface area (Å²) < 4.78 is 24.8. The number of aromatic hydroxyl groups is 1. The van der Waals surface area contributed by atoms with E-state index in [0.717, 1.165) is 5.52 Å². The molecule has 1 fully saturated rings. The number of imidazole rings is 1. The van der Waals surface area contributed by atoms with E-state index in [1.54, 1.807) is 22.7 Å². The van der Waals surface area contributed by atoms with Crippen LogP contribution in [-0.2, 0) is 9.84 Å². The van der Waals surface area contributed by atoms with Gasteiger partial charge in [0.2, 0.25) is 0 Å². The van der Waals surface area contributed by atoms with Crippen LogP contribution in [-0.4, -0.2) is 41.0 Å². The van der Waals surface area contributed by atoms with Crippen molar-refractivity contribution in [1.29, 1.82) is 0 Å². The fourth-order valence-electron chi connectivity index (χ4n) is 2.25. The van der Waals surface area contributed by atoms with Gasteiger partial charge in [0.1, 0.15) is 5.82 Å². The lowest BCUT2D eigenvalue weighted by Crippen LogP contribution is -2.40. The molecular formula is C11H13N3O3S. The Morgan fingerprint density at radius 1 is 1.44 bits per heavy atom. The zero-order chi connectivity index (χ0) is 12.8. The van der Waals surface area contributed by atoms with Crippen LogP contribution in [0.3, 0.4) is 0 Å². The second-order valence-electron chi connectivity index (χ2n) is 4.38. The van der Waals surface area contributed by atoms with E-state index in [-0.39, 0.29) is 23.4 Å². The lowest BCUT2D eigenvalue weighted by Gasteiger charge is -2.22. The number of pyridine rings is 1. The van der Waals surface area contributed by atoms with E-state index in [2.05, 4.69) is 10.3 Å². The number of nitrogens with zero attached hydrogens (tertiary/aromatic N) is 2. The van der Waals surface area contributed by atoms with Gasteiger partial charge in [-0.25, -0.2) is 13.4 Å². The quantitative estimate of drug-likeness (QED) is 0.765. The van der Waals surface area contributed by atoms with Crippen LogP contribution in [0, 0.1) is 0 Å². The third-order valence-corrected chi connectivity index (χ3v) is 4.76. The van der Waals surface area contributed by atoms with E-state index in [0.29, 0.717) is 12.4 Å². The van der Waals surface area contributed by atoms with Crippen LogP contribution >= 0.6 is 0 Å². The van der Waals surface area contributed by atoms with E-state index >= 15 is 0 Å². The van der Waals surface area contributed by atoms with Gasteiger partial charge in [-0.1, -0.05) is 6.07 Å². The molecular weight excluding hydrogens is 254 g/mol. The number of fused-ring (bicyclic) bond motifs is 1. The zero-order valence-corrected chi connectivity index (χ0v) is 10.4. The Kier molecular flexibility index (Phi) is 2.53. The second kappa shape index (κ2) is 3.96. The summed E-state index contributed by atoms with van der Waals surface area (Å²) in [4.78, 5) is 4.22. The number of sulfone groups is 1. The van der Waals surface area contributed by atoms with Crippen LogP contribution in [0.25, 0.3) is 5.52 Å². The van der Waals surface area contributed by atoms with Gasteiger partial charge in [-0.3, -0.25) is 4.40 Å². The topological polar surface area (TPSA) is 83.7 Å². The fourth-order valence-corrected chi connectivity index (χ4v) is 3.62. The summed E-state index contributed by atoms with van der Waals surface area (Å²) in [5.74, 6) is 0.760. The fraction of sp³-hybridized carbons (Fsp3) is 0.364. The molecule has 7 heteroatoms. The van der Waals surface area contributed by atoms with E-state index in [1.807, 2.05) is 6.07 Å². The van der Waals surface area contributed by atoms with Gasteiger partial charge in [0, 0.05) is 6.54 Å². The second-order valence-corrected chi connectivity index (χ2v) is 6.61. The first-order valence-electron chi connectivity index (χ1n) is 5.66. The molecule has 96 valence electrons. The summed E-state index contributed by atoms with van der Waals surface area (Å²) in [6, 6.07) is 4.71. The van der Waals surface area contributed by atoms with Crippen LogP contribution < -0.4 is 5.32 Å². The van der Waals surface area contributed by atoms with E-state index < -0.39 is 9.84 Å². The molecule has 1 saturated heterocycles. The van der Waals surface area contributed by atoms with Crippen molar-refractivity contribution in [2.75, 3.05) is 18.1 Å². The van der Waals surface area contributed by atoms with Crippen LogP contribution in [0.2, 0.25) is 0 Å². The van der Waals surface area contributed by atoms with Crippen molar-refractivity contribution in [2.45, 2.75) is 6.04 Å². The first kappa shape index (κ1) is 11.5. The Bertz CT molecular complexity index is 693. The number of aromatic nitrogens is 2. The summed E-state index contributed by atoms with van der Waals surface area (Å²) in [7, 11) is -3.04. The lowest BCUT2D eigenvalue weighted by molar-refractivity contribution is 0.434. The van der Waals surface area contributed by atoms with Gasteiger partial charge in [-0.2, -0.15) is 0 Å². The summed E-state index contributed by atoms with van der Waals surface area (Å²) in [6.07, 6.45) is 1.62. The largest absolute Gasteiger partial charge is 0.494 e. The number of nitrogens with one attached hydrogen (secondary N) is 1. The molecule has 2 aromatic rings. The number of hydrogen-bond donors (Lipinski definition) is 2. The summed E-state index contributed by atoms with van der Waals surface area (Å²) in [6.45, 7) is 0.412. The summed E-state index contributed by atoms with van der Waals surface area (Å²) in [5.41, 5.74) is 0.745. The van der Waals surface area contributed by atoms with E-state index in [4.69, 9.17) is 0 Å². The van der Waals surface area contributed by atoms with Gasteiger partial charge in [0.25, 0.3) is 0 Å². The Balaban J connectivity index is 2.09. The van der Waals surface area contributed by atoms with E-state index in [1.165, 1.54) is 0 Å². The normalized spacial score (nSPS) is 23.2. The molecule has 0 bridgehead atoms. The first-order valence-corrected chi connectivity index (χ1v) is 7.48. The zero-order valence-electron chi connectivity index (χ0n) is 9.57. The highest BCUT2D eigenvalue weighted by atomic mass is 32.2. The Labute approximate surface area is 104 Å². The molecule has 18 heavy (non-hydrogen) atoms. The van der Waals surface area contributed by atoms with Crippen LogP contribution in [0.1, 0.15) is 11.9 Å². The molecule has 0 spiro atoms. The summed E-state index contributed by atoms with van der Waals surface area (Å²) in [5, 5.41) is 13.0. The number of hydrogen-bond acceptors (Lipinski definition) is 5. The minimum Gasteiger partial charge on any atom is -0.494 e. The van der Waals surface area contributed by atoms with Gasteiger partial charge in [0.15, 0.2) is 15.7 Å². The Morgan fingerprint density at radius 2 is 2.28 bits per heavy atom. The number of rotatable bonds is 1. The van der Waals surface area contributed by atoms with Gasteiger partial charge in [-0.15, -0.1) is 0 Å². The highest BCUT2D eigenvalue weighted by molar-refractivity contribution is 7.91. The van der Waals surface area contributed by atoms with Crippen LogP contribution in [0.4, 0.5) is 0 Å². The SMILES string of the molecule is O=S1(=O)CCNC(c2ncc3cccc(O)n23)C1. The third-order valence-electron chi connectivity index (χ3n) is 3.09. The molecule has 0 aliphatic carbocycles. The molecule has 3 rings (SSSR count). The highest BCUT2D eigenvalue weighted by Crippen LogP contribution is 2.23. The molecule has 0 radical (unpaired) electrons. The van der Waals surface area contributed by atoms with Crippen LogP contribution in [0.5, 0.6) is 5.88 Å². The predicted molar refractivity (Wildman–Crippen MR) is 66.3 cm³/mol. The average molecular weight is 267 g/mol. The summed E-state index contributed by atoms with van der Waals surface area (Å²) >= 11 is 0. The molecule has 1 aliphatic rings. The molecule has 6 nitrogen and oxygen atoms in total. The Hall–Kier alpha value is -1.60. The maximum absolute atomic E-state index is 11.6. The molecule has 2 N–H and O–H groups in total.